The van der Waals surface area contributed by atoms with Crippen molar-refractivity contribution in [2.24, 2.45) is 0 Å². The van der Waals surface area contributed by atoms with Gasteiger partial charge in [-0.15, -0.1) is 0 Å². The maximum Gasteiger partial charge on any atom is 0.241 e. The van der Waals surface area contributed by atoms with Crippen molar-refractivity contribution >= 4 is 44.8 Å². The van der Waals surface area contributed by atoms with Gasteiger partial charge in [-0.05, 0) is 30.3 Å². The Morgan fingerprint density at radius 2 is 1.59 bits per heavy atom. The molecular weight excluding hydrogens is 347 g/mol. The van der Waals surface area contributed by atoms with Crippen molar-refractivity contribution in [1.82, 2.24) is 4.72 Å². The molecule has 0 heterocycles. The van der Waals surface area contributed by atoms with Gasteiger partial charge in [-0.25, -0.2) is 13.1 Å². The molecule has 2 rings (SSSR count). The van der Waals surface area contributed by atoms with E-state index in [1.807, 2.05) is 0 Å². The average molecular weight is 359 g/mol. The van der Waals surface area contributed by atoms with Crippen molar-refractivity contribution in [2.75, 3.05) is 11.9 Å². The van der Waals surface area contributed by atoms with Crippen molar-refractivity contribution in [3.8, 4) is 0 Å². The first-order chi connectivity index (χ1) is 10.4. The Balaban J connectivity index is 1.98. The number of rotatable bonds is 5. The third-order valence-corrected chi connectivity index (χ3v) is 4.48. The molecule has 0 aliphatic carbocycles. The number of hydrogen-bond donors (Lipinski definition) is 2. The minimum Gasteiger partial charge on any atom is -0.325 e. The van der Waals surface area contributed by atoms with Crippen molar-refractivity contribution in [2.45, 2.75) is 4.90 Å². The number of carbonyl (C=O) groups excluding carboxylic acids is 1. The third kappa shape index (κ3) is 4.71. The second-order valence-electron chi connectivity index (χ2n) is 4.34. The lowest BCUT2D eigenvalue weighted by atomic mass is 10.3. The second kappa shape index (κ2) is 7.11. The van der Waals surface area contributed by atoms with E-state index in [1.165, 1.54) is 30.3 Å². The maximum atomic E-state index is 12.0. The summed E-state index contributed by atoms with van der Waals surface area (Å²) >= 11 is 11.6. The number of halogens is 2. The second-order valence-corrected chi connectivity index (χ2v) is 6.98. The zero-order valence-electron chi connectivity index (χ0n) is 11.2. The highest BCUT2D eigenvalue weighted by molar-refractivity contribution is 7.89. The molecule has 2 N–H and O–H groups in total. The van der Waals surface area contributed by atoms with Gasteiger partial charge in [0, 0.05) is 15.7 Å². The lowest BCUT2D eigenvalue weighted by Crippen LogP contribution is -2.32. The van der Waals surface area contributed by atoms with Gasteiger partial charge in [0.05, 0.1) is 11.4 Å². The van der Waals surface area contributed by atoms with Gasteiger partial charge in [0.25, 0.3) is 0 Å². The fraction of sp³-hybridized carbons (Fsp3) is 0.0714. The standard InChI is InChI=1S/C14H12Cl2N2O3S/c15-10-6-11(16)8-12(7-10)18-14(19)9-17-22(20,21)13-4-2-1-3-5-13/h1-8,17H,9H2,(H,18,19). The number of hydrogen-bond acceptors (Lipinski definition) is 3. The monoisotopic (exact) mass is 358 g/mol. The van der Waals surface area contributed by atoms with E-state index in [1.54, 1.807) is 18.2 Å². The molecule has 0 saturated heterocycles. The topological polar surface area (TPSA) is 75.3 Å². The first-order valence-corrected chi connectivity index (χ1v) is 8.41. The average Bonchev–Trinajstić information content (AvgIpc) is 2.45. The lowest BCUT2D eigenvalue weighted by molar-refractivity contribution is -0.115. The van der Waals surface area contributed by atoms with Crippen LogP contribution in [-0.2, 0) is 14.8 Å². The molecule has 5 nitrogen and oxygen atoms in total. The molecular formula is C14H12Cl2N2O3S. The Labute approximate surface area is 138 Å². The number of amides is 1. The number of carbonyl (C=O) groups is 1. The van der Waals surface area contributed by atoms with Crippen LogP contribution in [0.4, 0.5) is 5.69 Å². The number of sulfonamides is 1. The Morgan fingerprint density at radius 3 is 2.18 bits per heavy atom. The largest absolute Gasteiger partial charge is 0.325 e. The molecule has 0 aliphatic heterocycles. The summed E-state index contributed by atoms with van der Waals surface area (Å²) < 4.78 is 26.1. The summed E-state index contributed by atoms with van der Waals surface area (Å²) in [5.74, 6) is -0.530. The first-order valence-electron chi connectivity index (χ1n) is 6.17. The quantitative estimate of drug-likeness (QED) is 0.862. The summed E-state index contributed by atoms with van der Waals surface area (Å²) in [6.07, 6.45) is 0. The van der Waals surface area contributed by atoms with E-state index in [0.29, 0.717) is 15.7 Å². The molecule has 2 aromatic carbocycles. The van der Waals surface area contributed by atoms with Gasteiger partial charge in [0.15, 0.2) is 0 Å². The molecule has 0 spiro atoms. The van der Waals surface area contributed by atoms with Gasteiger partial charge >= 0.3 is 0 Å². The van der Waals surface area contributed by atoms with Crippen LogP contribution >= 0.6 is 23.2 Å². The van der Waals surface area contributed by atoms with Gasteiger partial charge in [-0.1, -0.05) is 41.4 Å². The number of benzene rings is 2. The highest BCUT2D eigenvalue weighted by atomic mass is 35.5. The molecule has 0 fully saturated rings. The van der Waals surface area contributed by atoms with Crippen molar-refractivity contribution in [3.05, 3.63) is 58.6 Å². The van der Waals surface area contributed by atoms with Crippen LogP contribution in [0.2, 0.25) is 10.0 Å². The summed E-state index contributed by atoms with van der Waals surface area (Å²) in [5, 5.41) is 3.25. The molecule has 0 unspecified atom stereocenters. The predicted molar refractivity (Wildman–Crippen MR) is 86.7 cm³/mol. The molecule has 2 aromatic rings. The highest BCUT2D eigenvalue weighted by Crippen LogP contribution is 2.22. The van der Waals surface area contributed by atoms with Gasteiger partial charge in [0.1, 0.15) is 0 Å². The molecule has 22 heavy (non-hydrogen) atoms. The molecule has 0 radical (unpaired) electrons. The summed E-state index contributed by atoms with van der Waals surface area (Å²) in [7, 11) is -3.73. The van der Waals surface area contributed by atoms with E-state index in [9.17, 15) is 13.2 Å². The summed E-state index contributed by atoms with van der Waals surface area (Å²) in [6.45, 7) is -0.401. The van der Waals surface area contributed by atoms with E-state index < -0.39 is 22.5 Å². The van der Waals surface area contributed by atoms with Crippen LogP contribution in [0.3, 0.4) is 0 Å². The molecule has 8 heteroatoms. The molecule has 116 valence electrons. The van der Waals surface area contributed by atoms with Crippen LogP contribution in [0.5, 0.6) is 0 Å². The first kappa shape index (κ1) is 16.8. The predicted octanol–water partition coefficient (Wildman–Crippen LogP) is 2.91. The van der Waals surface area contributed by atoms with Crippen molar-refractivity contribution < 1.29 is 13.2 Å². The zero-order chi connectivity index (χ0) is 16.2. The van der Waals surface area contributed by atoms with Crippen LogP contribution in [-0.4, -0.2) is 20.9 Å². The van der Waals surface area contributed by atoms with Gasteiger partial charge < -0.3 is 5.32 Å². The van der Waals surface area contributed by atoms with Gasteiger partial charge in [0.2, 0.25) is 15.9 Å². The van der Waals surface area contributed by atoms with E-state index in [0.717, 1.165) is 0 Å². The van der Waals surface area contributed by atoms with Crippen LogP contribution < -0.4 is 10.0 Å². The Kier molecular flexibility index (Phi) is 5.42. The Bertz CT molecular complexity index is 760. The van der Waals surface area contributed by atoms with Crippen LogP contribution in [0, 0.1) is 0 Å². The summed E-state index contributed by atoms with van der Waals surface area (Å²) in [6, 6.07) is 12.3. The van der Waals surface area contributed by atoms with E-state index in [-0.39, 0.29) is 4.90 Å². The van der Waals surface area contributed by atoms with E-state index in [4.69, 9.17) is 23.2 Å². The van der Waals surface area contributed by atoms with Gasteiger partial charge in [-0.2, -0.15) is 0 Å². The summed E-state index contributed by atoms with van der Waals surface area (Å²) in [5.41, 5.74) is 0.390. The normalized spacial score (nSPS) is 11.2. The van der Waals surface area contributed by atoms with Crippen molar-refractivity contribution in [1.29, 1.82) is 0 Å². The molecule has 0 saturated carbocycles. The summed E-state index contributed by atoms with van der Waals surface area (Å²) in [4.78, 5) is 11.9. The lowest BCUT2D eigenvalue weighted by Gasteiger charge is -2.08. The molecule has 0 atom stereocenters. The fourth-order valence-electron chi connectivity index (χ4n) is 1.67. The smallest absolute Gasteiger partial charge is 0.241 e. The van der Waals surface area contributed by atoms with Crippen LogP contribution in [0.1, 0.15) is 0 Å². The van der Waals surface area contributed by atoms with Crippen LogP contribution in [0.25, 0.3) is 0 Å². The van der Waals surface area contributed by atoms with Crippen molar-refractivity contribution in [3.63, 3.8) is 0 Å². The van der Waals surface area contributed by atoms with E-state index >= 15 is 0 Å². The Morgan fingerprint density at radius 1 is 1.00 bits per heavy atom. The Hall–Kier alpha value is -1.60. The fourth-order valence-corrected chi connectivity index (χ4v) is 3.20. The maximum absolute atomic E-state index is 12.0. The highest BCUT2D eigenvalue weighted by Gasteiger charge is 2.15. The number of anilines is 1. The van der Waals surface area contributed by atoms with Crippen LogP contribution in [0.15, 0.2) is 53.4 Å². The molecule has 0 aromatic heterocycles. The minimum absolute atomic E-state index is 0.0913. The zero-order valence-corrected chi connectivity index (χ0v) is 13.5. The SMILES string of the molecule is O=C(CNS(=O)(=O)c1ccccc1)Nc1cc(Cl)cc(Cl)c1. The molecule has 0 aliphatic rings. The number of nitrogens with one attached hydrogen (secondary N) is 2. The molecule has 0 bridgehead atoms. The molecule has 1 amide bonds. The third-order valence-electron chi connectivity index (χ3n) is 2.62. The van der Waals surface area contributed by atoms with Gasteiger partial charge in [-0.3, -0.25) is 4.79 Å². The minimum atomic E-state index is -3.73. The van der Waals surface area contributed by atoms with E-state index in [2.05, 4.69) is 10.0 Å².